The van der Waals surface area contributed by atoms with Crippen LogP contribution in [0.1, 0.15) is 27.3 Å². The molecule has 6 heteroatoms. The van der Waals surface area contributed by atoms with Crippen molar-refractivity contribution < 1.29 is 13.9 Å². The summed E-state index contributed by atoms with van der Waals surface area (Å²) >= 11 is 0. The topological polar surface area (TPSA) is 70.2 Å². The Hall–Kier alpha value is -2.63. The number of aryl methyl sites for hydroxylation is 3. The highest BCUT2D eigenvalue weighted by molar-refractivity contribution is 6.03. The van der Waals surface area contributed by atoms with Crippen molar-refractivity contribution in [3.63, 3.8) is 0 Å². The number of carbonyl (C=O) groups is 1. The van der Waals surface area contributed by atoms with E-state index in [1.807, 2.05) is 20.9 Å². The summed E-state index contributed by atoms with van der Waals surface area (Å²) in [6.07, 6.45) is 3.10. The molecule has 108 valence electrons. The molecular weight excluding hydrogens is 270 g/mol. The van der Waals surface area contributed by atoms with E-state index in [1.165, 1.54) is 0 Å². The fourth-order valence-corrected chi connectivity index (χ4v) is 2.33. The van der Waals surface area contributed by atoms with Crippen LogP contribution in [0.4, 0.5) is 0 Å². The number of carbonyl (C=O) groups excluding carboxylic acids is 1. The zero-order chi connectivity index (χ0) is 15.0. The Balaban J connectivity index is 1.97. The maximum Gasteiger partial charge on any atom is 0.339 e. The third-order valence-electron chi connectivity index (χ3n) is 3.27. The Morgan fingerprint density at radius 2 is 2.24 bits per heavy atom. The second-order valence-corrected chi connectivity index (χ2v) is 4.93. The summed E-state index contributed by atoms with van der Waals surface area (Å²) in [4.78, 5) is 16.8. The normalized spacial score (nSPS) is 11.0. The Morgan fingerprint density at radius 1 is 1.43 bits per heavy atom. The molecule has 3 heterocycles. The minimum absolute atomic E-state index is 0.178. The van der Waals surface area contributed by atoms with Crippen molar-refractivity contribution in [3.05, 3.63) is 47.2 Å². The Kier molecular flexibility index (Phi) is 3.21. The van der Waals surface area contributed by atoms with Crippen molar-refractivity contribution in [2.75, 3.05) is 0 Å². The van der Waals surface area contributed by atoms with Crippen molar-refractivity contribution in [1.82, 2.24) is 14.8 Å². The SMILES string of the molecule is Cc1cc(C(=O)OCc2ccoc2)c2c(C)nn(C)c2n1. The molecule has 0 fully saturated rings. The first-order valence-electron chi connectivity index (χ1n) is 6.55. The van der Waals surface area contributed by atoms with Gasteiger partial charge in [-0.15, -0.1) is 0 Å². The number of ether oxygens (including phenoxy) is 1. The molecule has 0 saturated heterocycles. The largest absolute Gasteiger partial charge is 0.472 e. The van der Waals surface area contributed by atoms with Gasteiger partial charge in [-0.3, -0.25) is 4.68 Å². The summed E-state index contributed by atoms with van der Waals surface area (Å²) in [5, 5.41) is 5.05. The molecule has 0 atom stereocenters. The lowest BCUT2D eigenvalue weighted by atomic mass is 10.1. The van der Waals surface area contributed by atoms with Crippen LogP contribution in [0.5, 0.6) is 0 Å². The molecule has 0 spiro atoms. The van der Waals surface area contributed by atoms with E-state index < -0.39 is 0 Å². The van der Waals surface area contributed by atoms with E-state index in [9.17, 15) is 4.79 Å². The molecule has 6 nitrogen and oxygen atoms in total. The second-order valence-electron chi connectivity index (χ2n) is 4.93. The number of pyridine rings is 1. The summed E-state index contributed by atoms with van der Waals surface area (Å²) in [5.74, 6) is -0.386. The van der Waals surface area contributed by atoms with Crippen LogP contribution in [-0.2, 0) is 18.4 Å². The van der Waals surface area contributed by atoms with Gasteiger partial charge in [0, 0.05) is 18.3 Å². The van der Waals surface area contributed by atoms with Crippen LogP contribution in [0.15, 0.2) is 29.1 Å². The summed E-state index contributed by atoms with van der Waals surface area (Å²) in [7, 11) is 1.81. The first-order chi connectivity index (χ1) is 10.1. The molecule has 3 aromatic rings. The molecule has 0 N–H and O–H groups in total. The second kappa shape index (κ2) is 5.05. The van der Waals surface area contributed by atoms with Crippen LogP contribution in [0.3, 0.4) is 0 Å². The summed E-state index contributed by atoms with van der Waals surface area (Å²) in [6, 6.07) is 3.49. The standard InChI is InChI=1S/C15H15N3O3/c1-9-6-12(13-10(2)17-18(3)14(13)16-9)15(19)21-8-11-4-5-20-7-11/h4-7H,8H2,1-3H3. The number of esters is 1. The van der Waals surface area contributed by atoms with Gasteiger partial charge in [-0.25, -0.2) is 9.78 Å². The minimum atomic E-state index is -0.386. The maximum absolute atomic E-state index is 12.3. The van der Waals surface area contributed by atoms with E-state index >= 15 is 0 Å². The van der Waals surface area contributed by atoms with Gasteiger partial charge in [0.2, 0.25) is 0 Å². The molecular formula is C15H15N3O3. The molecule has 0 aliphatic rings. The average Bonchev–Trinajstić information content (AvgIpc) is 3.05. The molecule has 0 aliphatic heterocycles. The zero-order valence-electron chi connectivity index (χ0n) is 12.1. The predicted molar refractivity (Wildman–Crippen MR) is 75.8 cm³/mol. The monoisotopic (exact) mass is 285 g/mol. The quantitative estimate of drug-likeness (QED) is 0.692. The van der Waals surface area contributed by atoms with E-state index in [-0.39, 0.29) is 12.6 Å². The van der Waals surface area contributed by atoms with Gasteiger partial charge in [0.1, 0.15) is 6.61 Å². The van der Waals surface area contributed by atoms with E-state index in [0.29, 0.717) is 11.2 Å². The van der Waals surface area contributed by atoms with Crippen LogP contribution in [-0.4, -0.2) is 20.7 Å². The molecule has 0 radical (unpaired) electrons. The van der Waals surface area contributed by atoms with Gasteiger partial charge in [0.05, 0.1) is 29.2 Å². The number of nitrogens with zero attached hydrogens (tertiary/aromatic N) is 3. The van der Waals surface area contributed by atoms with Crippen LogP contribution in [0, 0.1) is 13.8 Å². The lowest BCUT2D eigenvalue weighted by Crippen LogP contribution is -2.07. The summed E-state index contributed by atoms with van der Waals surface area (Å²) < 4.78 is 12.0. The van der Waals surface area contributed by atoms with Crippen LogP contribution in [0.2, 0.25) is 0 Å². The van der Waals surface area contributed by atoms with Crippen LogP contribution >= 0.6 is 0 Å². The molecule has 0 aromatic carbocycles. The lowest BCUT2D eigenvalue weighted by Gasteiger charge is -2.06. The highest BCUT2D eigenvalue weighted by atomic mass is 16.5. The third-order valence-corrected chi connectivity index (χ3v) is 3.27. The van der Waals surface area contributed by atoms with Crippen LogP contribution in [0.25, 0.3) is 11.0 Å². The van der Waals surface area contributed by atoms with E-state index in [1.54, 1.807) is 29.3 Å². The number of rotatable bonds is 3. The molecule has 3 aromatic heterocycles. The highest BCUT2D eigenvalue weighted by Gasteiger charge is 2.18. The van der Waals surface area contributed by atoms with Gasteiger partial charge in [-0.05, 0) is 26.0 Å². The zero-order valence-corrected chi connectivity index (χ0v) is 12.1. The molecule has 0 aliphatic carbocycles. The first kappa shape index (κ1) is 13.4. The average molecular weight is 285 g/mol. The summed E-state index contributed by atoms with van der Waals surface area (Å²) in [6.45, 7) is 3.87. The van der Waals surface area contributed by atoms with Gasteiger partial charge in [-0.1, -0.05) is 0 Å². The Labute approximate surface area is 121 Å². The lowest BCUT2D eigenvalue weighted by molar-refractivity contribution is 0.0474. The fraction of sp³-hybridized carbons (Fsp3) is 0.267. The van der Waals surface area contributed by atoms with Crippen molar-refractivity contribution in [3.8, 4) is 0 Å². The van der Waals surface area contributed by atoms with Crippen molar-refractivity contribution >= 4 is 17.0 Å². The van der Waals surface area contributed by atoms with E-state index in [0.717, 1.165) is 22.3 Å². The number of hydrogen-bond donors (Lipinski definition) is 0. The number of aromatic nitrogens is 3. The molecule has 0 bridgehead atoms. The molecule has 0 amide bonds. The highest BCUT2D eigenvalue weighted by Crippen LogP contribution is 2.22. The smallest absolute Gasteiger partial charge is 0.339 e. The predicted octanol–water partition coefficient (Wildman–Crippen LogP) is 2.54. The van der Waals surface area contributed by atoms with Gasteiger partial charge in [0.25, 0.3) is 0 Å². The molecule has 21 heavy (non-hydrogen) atoms. The first-order valence-corrected chi connectivity index (χ1v) is 6.55. The number of hydrogen-bond acceptors (Lipinski definition) is 5. The van der Waals surface area contributed by atoms with Crippen molar-refractivity contribution in [2.24, 2.45) is 7.05 Å². The number of fused-ring (bicyclic) bond motifs is 1. The third kappa shape index (κ3) is 2.40. The van der Waals surface area contributed by atoms with Gasteiger partial charge < -0.3 is 9.15 Å². The van der Waals surface area contributed by atoms with Gasteiger partial charge >= 0.3 is 5.97 Å². The van der Waals surface area contributed by atoms with Crippen molar-refractivity contribution in [1.29, 1.82) is 0 Å². The molecule has 0 saturated carbocycles. The maximum atomic E-state index is 12.3. The van der Waals surface area contributed by atoms with Gasteiger partial charge in [-0.2, -0.15) is 5.10 Å². The van der Waals surface area contributed by atoms with E-state index in [4.69, 9.17) is 9.15 Å². The molecule has 0 unspecified atom stereocenters. The van der Waals surface area contributed by atoms with Crippen LogP contribution < -0.4 is 0 Å². The minimum Gasteiger partial charge on any atom is -0.472 e. The Morgan fingerprint density at radius 3 is 2.95 bits per heavy atom. The van der Waals surface area contributed by atoms with E-state index in [2.05, 4.69) is 10.1 Å². The summed E-state index contributed by atoms with van der Waals surface area (Å²) in [5.41, 5.74) is 3.50. The number of furan rings is 1. The Bertz CT molecular complexity index is 803. The van der Waals surface area contributed by atoms with Gasteiger partial charge in [0.15, 0.2) is 5.65 Å². The molecule has 3 rings (SSSR count). The van der Waals surface area contributed by atoms with Crippen molar-refractivity contribution in [2.45, 2.75) is 20.5 Å². The fourth-order valence-electron chi connectivity index (χ4n) is 2.33.